The zero-order valence-corrected chi connectivity index (χ0v) is 14.6. The van der Waals surface area contributed by atoms with E-state index < -0.39 is 19.2 Å². The van der Waals surface area contributed by atoms with E-state index in [0.717, 1.165) is 5.56 Å². The van der Waals surface area contributed by atoms with Crippen LogP contribution in [0.3, 0.4) is 0 Å². The minimum Gasteiger partial charge on any atom is -0.535 e. The zero-order chi connectivity index (χ0) is 19.1. The molecule has 9 nitrogen and oxygen atoms in total. The molecule has 10 heteroatoms. The number of β-amino-alcohol motifs (C(OH)–C–C–N with tert-alkyl or cyclic N) is 1. The Morgan fingerprint density at radius 2 is 2.11 bits per heavy atom. The number of nitrogens with one attached hydrogen (secondary N) is 1. The SMILES string of the molecule is O=C(O)c1c(OC2CN(C(=O)C3CC(O)CN3)C2)ccc2c1OB(O)CC2. The van der Waals surface area contributed by atoms with Gasteiger partial charge in [-0.1, -0.05) is 6.07 Å². The molecule has 27 heavy (non-hydrogen) atoms. The summed E-state index contributed by atoms with van der Waals surface area (Å²) in [5.74, 6) is -0.953. The van der Waals surface area contributed by atoms with Crippen LogP contribution in [-0.4, -0.2) is 77.0 Å². The van der Waals surface area contributed by atoms with Crippen LogP contribution in [0.5, 0.6) is 11.5 Å². The van der Waals surface area contributed by atoms with Gasteiger partial charge in [0.2, 0.25) is 5.91 Å². The Morgan fingerprint density at radius 3 is 2.78 bits per heavy atom. The first kappa shape index (κ1) is 18.1. The van der Waals surface area contributed by atoms with Crippen LogP contribution in [0.25, 0.3) is 0 Å². The summed E-state index contributed by atoms with van der Waals surface area (Å²) in [6.07, 6.45) is 0.522. The Labute approximate surface area is 156 Å². The number of nitrogens with zero attached hydrogens (tertiary/aromatic N) is 1. The summed E-state index contributed by atoms with van der Waals surface area (Å²) >= 11 is 0. The highest BCUT2D eigenvalue weighted by Crippen LogP contribution is 2.37. The van der Waals surface area contributed by atoms with E-state index in [1.807, 2.05) is 0 Å². The number of aliphatic hydroxyl groups excluding tert-OH is 1. The quantitative estimate of drug-likeness (QED) is 0.499. The summed E-state index contributed by atoms with van der Waals surface area (Å²) in [4.78, 5) is 25.7. The first-order valence-electron chi connectivity index (χ1n) is 9.03. The molecule has 2 saturated heterocycles. The van der Waals surface area contributed by atoms with Crippen LogP contribution in [0.1, 0.15) is 22.3 Å². The normalized spacial score (nSPS) is 24.8. The number of likely N-dealkylation sites (tertiary alicyclic amines) is 1. The van der Waals surface area contributed by atoms with E-state index in [0.29, 0.717) is 38.8 Å². The van der Waals surface area contributed by atoms with E-state index in [9.17, 15) is 24.8 Å². The summed E-state index contributed by atoms with van der Waals surface area (Å²) < 4.78 is 11.1. The molecular weight excluding hydrogens is 355 g/mol. The van der Waals surface area contributed by atoms with Crippen molar-refractivity contribution < 1.29 is 34.2 Å². The van der Waals surface area contributed by atoms with Gasteiger partial charge in [-0.2, -0.15) is 0 Å². The van der Waals surface area contributed by atoms with Gasteiger partial charge in [-0.3, -0.25) is 4.79 Å². The Hall–Kier alpha value is -2.30. The Bertz CT molecular complexity index is 768. The van der Waals surface area contributed by atoms with Crippen molar-refractivity contribution in [1.29, 1.82) is 0 Å². The van der Waals surface area contributed by atoms with Crippen LogP contribution in [-0.2, 0) is 11.2 Å². The zero-order valence-electron chi connectivity index (χ0n) is 14.6. The summed E-state index contributed by atoms with van der Waals surface area (Å²) in [6, 6.07) is 2.96. The van der Waals surface area contributed by atoms with Crippen molar-refractivity contribution >= 4 is 19.0 Å². The first-order valence-corrected chi connectivity index (χ1v) is 9.03. The molecule has 4 N–H and O–H groups in total. The third kappa shape index (κ3) is 3.47. The van der Waals surface area contributed by atoms with E-state index in [2.05, 4.69) is 5.32 Å². The fourth-order valence-electron chi connectivity index (χ4n) is 3.71. The van der Waals surface area contributed by atoms with Crippen LogP contribution in [0.4, 0.5) is 0 Å². The van der Waals surface area contributed by atoms with Gasteiger partial charge in [0.15, 0.2) is 0 Å². The standard InChI is InChI=1S/C17H21BN2O7/c21-10-5-12(19-6-10)16(22)20-7-11(8-20)26-13-2-1-9-3-4-18(25)27-15(9)14(13)17(23)24/h1-2,10-12,19,21,25H,3-8H2,(H,23,24). The van der Waals surface area contributed by atoms with Crippen molar-refractivity contribution in [2.45, 2.75) is 37.4 Å². The summed E-state index contributed by atoms with van der Waals surface area (Å²) in [5.41, 5.74) is 0.623. The van der Waals surface area contributed by atoms with Gasteiger partial charge in [0.25, 0.3) is 0 Å². The van der Waals surface area contributed by atoms with Gasteiger partial charge in [-0.05, 0) is 30.8 Å². The number of carbonyl (C=O) groups excluding carboxylic acids is 1. The van der Waals surface area contributed by atoms with E-state index in [1.165, 1.54) is 0 Å². The van der Waals surface area contributed by atoms with Crippen LogP contribution in [0.2, 0.25) is 6.32 Å². The number of hydrogen-bond donors (Lipinski definition) is 4. The molecule has 0 aliphatic carbocycles. The molecule has 3 aliphatic rings. The van der Waals surface area contributed by atoms with Gasteiger partial charge in [-0.25, -0.2) is 4.79 Å². The monoisotopic (exact) mass is 376 g/mol. The summed E-state index contributed by atoms with van der Waals surface area (Å²) in [5, 5.41) is 31.8. The highest BCUT2D eigenvalue weighted by atomic mass is 16.5. The minimum atomic E-state index is -1.19. The molecule has 0 saturated carbocycles. The second-order valence-corrected chi connectivity index (χ2v) is 7.18. The number of aromatic carboxylic acids is 1. The number of benzene rings is 1. The Morgan fingerprint density at radius 1 is 1.33 bits per heavy atom. The Kier molecular flexibility index (Phi) is 4.71. The van der Waals surface area contributed by atoms with Crippen LogP contribution in [0.15, 0.2) is 12.1 Å². The number of fused-ring (bicyclic) bond motifs is 1. The molecule has 144 valence electrons. The number of carboxylic acids is 1. The smallest absolute Gasteiger partial charge is 0.522 e. The lowest BCUT2D eigenvalue weighted by molar-refractivity contribution is -0.142. The molecule has 0 spiro atoms. The first-order chi connectivity index (χ1) is 12.9. The van der Waals surface area contributed by atoms with Crippen LogP contribution < -0.4 is 14.7 Å². The molecule has 0 bridgehead atoms. The molecule has 1 aromatic carbocycles. The number of rotatable bonds is 4. The molecule has 3 aliphatic heterocycles. The van der Waals surface area contributed by atoms with Crippen molar-refractivity contribution in [3.05, 3.63) is 23.3 Å². The highest BCUT2D eigenvalue weighted by molar-refractivity contribution is 6.44. The topological polar surface area (TPSA) is 129 Å². The van der Waals surface area contributed by atoms with Gasteiger partial charge in [0.05, 0.1) is 25.2 Å². The molecule has 4 rings (SSSR count). The number of carboxylic acid groups (broad SMARTS) is 1. The van der Waals surface area contributed by atoms with E-state index >= 15 is 0 Å². The van der Waals surface area contributed by atoms with Gasteiger partial charge in [0.1, 0.15) is 23.2 Å². The van der Waals surface area contributed by atoms with Gasteiger partial charge in [-0.15, -0.1) is 0 Å². The maximum absolute atomic E-state index is 12.3. The fraction of sp³-hybridized carbons (Fsp3) is 0.529. The third-order valence-electron chi connectivity index (χ3n) is 5.19. The number of ether oxygens (including phenoxy) is 1. The second kappa shape index (κ2) is 7.03. The molecule has 2 unspecified atom stereocenters. The third-order valence-corrected chi connectivity index (χ3v) is 5.19. The van der Waals surface area contributed by atoms with Crippen molar-refractivity contribution in [3.63, 3.8) is 0 Å². The van der Waals surface area contributed by atoms with E-state index in [4.69, 9.17) is 9.39 Å². The highest BCUT2D eigenvalue weighted by Gasteiger charge is 2.39. The predicted molar refractivity (Wildman–Crippen MR) is 93.9 cm³/mol. The van der Waals surface area contributed by atoms with Crippen molar-refractivity contribution in [3.8, 4) is 11.5 Å². The van der Waals surface area contributed by atoms with E-state index in [-0.39, 0.29) is 35.1 Å². The molecule has 3 heterocycles. The molecule has 1 amide bonds. The lowest BCUT2D eigenvalue weighted by atomic mass is 9.78. The van der Waals surface area contributed by atoms with Crippen LogP contribution in [0, 0.1) is 0 Å². The number of carbonyl (C=O) groups is 2. The number of aliphatic hydroxyl groups is 1. The average Bonchev–Trinajstić information content (AvgIpc) is 3.02. The minimum absolute atomic E-state index is 0.0817. The number of hydrogen-bond acceptors (Lipinski definition) is 7. The molecule has 0 aromatic heterocycles. The van der Waals surface area contributed by atoms with Gasteiger partial charge >= 0.3 is 13.1 Å². The summed E-state index contributed by atoms with van der Waals surface area (Å²) in [7, 11) is -1.03. The van der Waals surface area contributed by atoms with E-state index in [1.54, 1.807) is 17.0 Å². The van der Waals surface area contributed by atoms with Gasteiger partial charge < -0.3 is 34.8 Å². The Balaban J connectivity index is 1.43. The molecule has 2 fully saturated rings. The predicted octanol–water partition coefficient (Wildman–Crippen LogP) is -0.887. The number of aryl methyl sites for hydroxylation is 1. The average molecular weight is 376 g/mol. The number of amides is 1. The molecule has 1 aromatic rings. The van der Waals surface area contributed by atoms with Crippen molar-refractivity contribution in [1.82, 2.24) is 10.2 Å². The van der Waals surface area contributed by atoms with Crippen molar-refractivity contribution in [2.24, 2.45) is 0 Å². The van der Waals surface area contributed by atoms with Gasteiger partial charge in [0, 0.05) is 6.54 Å². The lowest BCUT2D eigenvalue weighted by Crippen LogP contribution is -2.59. The summed E-state index contributed by atoms with van der Waals surface area (Å²) in [6.45, 7) is 1.12. The molecular formula is C17H21BN2O7. The maximum Gasteiger partial charge on any atom is 0.522 e. The molecule has 0 radical (unpaired) electrons. The second-order valence-electron chi connectivity index (χ2n) is 7.18. The maximum atomic E-state index is 12.3. The molecule has 2 atom stereocenters. The van der Waals surface area contributed by atoms with Crippen LogP contribution >= 0.6 is 0 Å². The largest absolute Gasteiger partial charge is 0.535 e. The van der Waals surface area contributed by atoms with Crippen molar-refractivity contribution in [2.75, 3.05) is 19.6 Å². The fourth-order valence-corrected chi connectivity index (χ4v) is 3.71. The lowest BCUT2D eigenvalue weighted by Gasteiger charge is -2.40.